The lowest BCUT2D eigenvalue weighted by Gasteiger charge is -2.37. The highest BCUT2D eigenvalue weighted by atomic mass is 15.5. The van der Waals surface area contributed by atoms with E-state index in [-0.39, 0.29) is 0 Å². The Balaban J connectivity index is 1.62. The number of fused-ring (bicyclic) bond motifs is 1. The van der Waals surface area contributed by atoms with E-state index >= 15 is 0 Å². The number of hydrogen-bond donors (Lipinski definition) is 0. The van der Waals surface area contributed by atoms with Gasteiger partial charge < -0.3 is 4.90 Å². The molecule has 0 amide bonds. The normalized spacial score (nSPS) is 27.0. The van der Waals surface area contributed by atoms with Crippen molar-refractivity contribution in [3.8, 4) is 0 Å². The highest BCUT2D eigenvalue weighted by Gasteiger charge is 2.43. The average Bonchev–Trinajstić information content (AvgIpc) is 2.93. The molecule has 3 unspecified atom stereocenters. The first-order chi connectivity index (χ1) is 11.7. The van der Waals surface area contributed by atoms with Crippen LogP contribution in [0.25, 0.3) is 0 Å². The smallest absolute Gasteiger partial charge is 0.0810 e. The third kappa shape index (κ3) is 2.84. The van der Waals surface area contributed by atoms with Gasteiger partial charge in [0.1, 0.15) is 0 Å². The molecule has 2 aromatic rings. The summed E-state index contributed by atoms with van der Waals surface area (Å²) < 4.78 is 0. The van der Waals surface area contributed by atoms with E-state index in [1.54, 1.807) is 0 Å². The SMILES string of the molecule is CN1CC(Cc2ccccc2)C2=NN(C)C(c3ccccc3)C2C1. The summed E-state index contributed by atoms with van der Waals surface area (Å²) in [4.78, 5) is 2.48. The minimum Gasteiger partial charge on any atom is -0.305 e. The maximum Gasteiger partial charge on any atom is 0.0810 e. The first-order valence-corrected chi connectivity index (χ1v) is 8.81. The van der Waals surface area contributed by atoms with E-state index in [1.165, 1.54) is 16.8 Å². The number of hydrogen-bond acceptors (Lipinski definition) is 3. The Hall–Kier alpha value is -2.13. The molecular weight excluding hydrogens is 294 g/mol. The molecule has 0 aliphatic carbocycles. The second-order valence-electron chi connectivity index (χ2n) is 7.17. The Labute approximate surface area is 144 Å². The highest BCUT2D eigenvalue weighted by molar-refractivity contribution is 5.92. The zero-order valence-electron chi connectivity index (χ0n) is 14.5. The van der Waals surface area contributed by atoms with Gasteiger partial charge in [0.25, 0.3) is 0 Å². The third-order valence-electron chi connectivity index (χ3n) is 5.36. The standard InChI is InChI=1S/C21H25N3/c1-23-14-18(13-16-9-5-3-6-10-16)20-19(15-23)21(24(2)22-20)17-11-7-4-8-12-17/h3-12,18-19,21H,13-15H2,1-2H3. The molecule has 2 aliphatic heterocycles. The molecule has 1 saturated heterocycles. The Morgan fingerprint density at radius 1 is 0.917 bits per heavy atom. The van der Waals surface area contributed by atoms with E-state index in [4.69, 9.17) is 5.10 Å². The lowest BCUT2D eigenvalue weighted by Crippen LogP contribution is -2.46. The molecule has 2 aromatic carbocycles. The minimum absolute atomic E-state index is 0.363. The van der Waals surface area contributed by atoms with E-state index in [0.29, 0.717) is 17.9 Å². The van der Waals surface area contributed by atoms with Gasteiger partial charge in [-0.1, -0.05) is 60.7 Å². The molecule has 3 nitrogen and oxygen atoms in total. The first-order valence-electron chi connectivity index (χ1n) is 8.81. The van der Waals surface area contributed by atoms with Crippen LogP contribution in [0, 0.1) is 11.8 Å². The van der Waals surface area contributed by atoms with Gasteiger partial charge in [-0.3, -0.25) is 5.01 Å². The lowest BCUT2D eigenvalue weighted by molar-refractivity contribution is 0.190. The summed E-state index contributed by atoms with van der Waals surface area (Å²) in [6.07, 6.45) is 1.08. The third-order valence-corrected chi connectivity index (χ3v) is 5.36. The van der Waals surface area contributed by atoms with Gasteiger partial charge in [-0.2, -0.15) is 5.10 Å². The summed E-state index contributed by atoms with van der Waals surface area (Å²) in [5, 5.41) is 7.19. The van der Waals surface area contributed by atoms with E-state index in [1.807, 2.05) is 0 Å². The summed E-state index contributed by atoms with van der Waals surface area (Å²) in [5.41, 5.74) is 4.18. The predicted molar refractivity (Wildman–Crippen MR) is 99.0 cm³/mol. The molecule has 3 heteroatoms. The fraction of sp³-hybridized carbons (Fsp3) is 0.381. The van der Waals surface area contributed by atoms with Gasteiger partial charge in [0, 0.05) is 37.7 Å². The Morgan fingerprint density at radius 3 is 2.29 bits per heavy atom. The van der Waals surface area contributed by atoms with Crippen LogP contribution in [0.2, 0.25) is 0 Å². The van der Waals surface area contributed by atoms with Crippen molar-refractivity contribution in [2.24, 2.45) is 16.9 Å². The maximum absolute atomic E-state index is 5.00. The zero-order valence-corrected chi connectivity index (χ0v) is 14.5. The summed E-state index contributed by atoms with van der Waals surface area (Å²) in [6.45, 7) is 2.19. The fourth-order valence-corrected chi connectivity index (χ4v) is 4.36. The van der Waals surface area contributed by atoms with Gasteiger partial charge in [0.2, 0.25) is 0 Å². The van der Waals surface area contributed by atoms with Crippen molar-refractivity contribution in [2.75, 3.05) is 27.2 Å². The van der Waals surface area contributed by atoms with E-state index in [0.717, 1.165) is 19.5 Å². The first kappa shape index (κ1) is 15.4. The second-order valence-corrected chi connectivity index (χ2v) is 7.17. The van der Waals surface area contributed by atoms with Gasteiger partial charge in [-0.25, -0.2) is 0 Å². The van der Waals surface area contributed by atoms with Crippen LogP contribution >= 0.6 is 0 Å². The van der Waals surface area contributed by atoms with Gasteiger partial charge in [-0.05, 0) is 24.6 Å². The molecule has 0 saturated carbocycles. The van der Waals surface area contributed by atoms with E-state index < -0.39 is 0 Å². The van der Waals surface area contributed by atoms with Crippen LogP contribution in [0.5, 0.6) is 0 Å². The molecule has 1 fully saturated rings. The topological polar surface area (TPSA) is 18.8 Å². The molecular formula is C21H25N3. The summed E-state index contributed by atoms with van der Waals surface area (Å²) in [5.74, 6) is 0.997. The highest BCUT2D eigenvalue weighted by Crippen LogP contribution is 2.39. The number of hydrazone groups is 1. The molecule has 4 rings (SSSR count). The van der Waals surface area contributed by atoms with E-state index in [9.17, 15) is 0 Å². The number of benzene rings is 2. The summed E-state index contributed by atoms with van der Waals surface area (Å²) >= 11 is 0. The van der Waals surface area contributed by atoms with Crippen molar-refractivity contribution < 1.29 is 0 Å². The number of likely N-dealkylation sites (tertiary alicyclic amines) is 1. The molecule has 3 atom stereocenters. The van der Waals surface area contributed by atoms with Gasteiger partial charge >= 0.3 is 0 Å². The Bertz CT molecular complexity index is 710. The quantitative estimate of drug-likeness (QED) is 0.863. The molecule has 0 bridgehead atoms. The maximum atomic E-state index is 5.00. The largest absolute Gasteiger partial charge is 0.305 e. The monoisotopic (exact) mass is 319 g/mol. The van der Waals surface area contributed by atoms with Crippen molar-refractivity contribution in [1.29, 1.82) is 0 Å². The van der Waals surface area contributed by atoms with Crippen molar-refractivity contribution in [3.05, 3.63) is 71.8 Å². The molecule has 0 N–H and O–H groups in total. The average molecular weight is 319 g/mol. The van der Waals surface area contributed by atoms with Crippen molar-refractivity contribution in [2.45, 2.75) is 12.5 Å². The predicted octanol–water partition coefficient (Wildman–Crippen LogP) is 3.45. The fourth-order valence-electron chi connectivity index (χ4n) is 4.36. The lowest BCUT2D eigenvalue weighted by atomic mass is 9.79. The molecule has 24 heavy (non-hydrogen) atoms. The second kappa shape index (κ2) is 6.40. The van der Waals surface area contributed by atoms with Gasteiger partial charge in [0.15, 0.2) is 0 Å². The van der Waals surface area contributed by atoms with Crippen LogP contribution in [-0.2, 0) is 6.42 Å². The van der Waals surface area contributed by atoms with Crippen LogP contribution in [0.4, 0.5) is 0 Å². The Kier molecular flexibility index (Phi) is 4.11. The van der Waals surface area contributed by atoms with Crippen LogP contribution in [-0.4, -0.2) is 42.8 Å². The summed E-state index contributed by atoms with van der Waals surface area (Å²) in [7, 11) is 4.37. The molecule has 124 valence electrons. The zero-order chi connectivity index (χ0) is 16.5. The number of piperidine rings is 1. The molecule has 0 radical (unpaired) electrons. The van der Waals surface area contributed by atoms with Crippen LogP contribution in [0.3, 0.4) is 0 Å². The van der Waals surface area contributed by atoms with Gasteiger partial charge in [-0.15, -0.1) is 0 Å². The van der Waals surface area contributed by atoms with Gasteiger partial charge in [0.05, 0.1) is 6.04 Å². The number of nitrogens with zero attached hydrogens (tertiary/aromatic N) is 3. The minimum atomic E-state index is 0.363. The van der Waals surface area contributed by atoms with Crippen molar-refractivity contribution >= 4 is 5.71 Å². The number of rotatable bonds is 3. The summed E-state index contributed by atoms with van der Waals surface area (Å²) in [6, 6.07) is 22.0. The molecule has 0 spiro atoms. The molecule has 2 aliphatic rings. The van der Waals surface area contributed by atoms with Crippen molar-refractivity contribution in [3.63, 3.8) is 0 Å². The van der Waals surface area contributed by atoms with Crippen LogP contribution < -0.4 is 0 Å². The Morgan fingerprint density at radius 2 is 1.58 bits per heavy atom. The van der Waals surface area contributed by atoms with Crippen molar-refractivity contribution in [1.82, 2.24) is 9.91 Å². The molecule has 2 heterocycles. The van der Waals surface area contributed by atoms with Crippen LogP contribution in [0.15, 0.2) is 65.8 Å². The molecule has 0 aromatic heterocycles. The van der Waals surface area contributed by atoms with E-state index in [2.05, 4.69) is 84.7 Å². The van der Waals surface area contributed by atoms with Crippen LogP contribution in [0.1, 0.15) is 17.2 Å².